The second-order valence-corrected chi connectivity index (χ2v) is 7.41. The van der Waals surface area contributed by atoms with E-state index in [-0.39, 0.29) is 17.3 Å². The van der Waals surface area contributed by atoms with Crippen molar-refractivity contribution in [3.63, 3.8) is 0 Å². The van der Waals surface area contributed by atoms with E-state index in [9.17, 15) is 4.79 Å². The summed E-state index contributed by atoms with van der Waals surface area (Å²) in [6.45, 7) is 2.06. The highest BCUT2D eigenvalue weighted by molar-refractivity contribution is 5.94. The maximum absolute atomic E-state index is 12.8. The number of hydrogen-bond donors (Lipinski definition) is 2. The zero-order valence-electron chi connectivity index (χ0n) is 18.7. The molecule has 0 radical (unpaired) electrons. The third-order valence-electron chi connectivity index (χ3n) is 5.17. The number of methoxy groups -OCH3 is 1. The van der Waals surface area contributed by atoms with Crippen molar-refractivity contribution < 1.29 is 14.2 Å². The second-order valence-electron chi connectivity index (χ2n) is 7.41. The Balaban J connectivity index is 1.35. The molecule has 176 valence electrons. The lowest BCUT2D eigenvalue weighted by atomic mass is 10.1. The number of rotatable bonds is 7. The van der Waals surface area contributed by atoms with Gasteiger partial charge in [0.1, 0.15) is 11.3 Å². The molecule has 5 rings (SSSR count). The fraction of sp³-hybridized carbons (Fsp3) is 0.143. The summed E-state index contributed by atoms with van der Waals surface area (Å²) in [5.41, 5.74) is 11.9. The molecule has 5 aromatic rings. The number of nitrogens with zero attached hydrogens (tertiary/aromatic N) is 9. The fourth-order valence-electron chi connectivity index (χ4n) is 3.52. The Hall–Kier alpha value is -5.14. The average Bonchev–Trinajstić information content (AvgIpc) is 3.58. The molecule has 0 atom stereocenters. The summed E-state index contributed by atoms with van der Waals surface area (Å²) in [5.74, 6) is 0.155. The van der Waals surface area contributed by atoms with Crippen LogP contribution in [0.15, 0.2) is 52.2 Å². The minimum Gasteiger partial charge on any atom is -0.496 e. The molecule has 0 aliphatic carbocycles. The maximum atomic E-state index is 12.8. The number of carbonyl (C=O) groups is 1. The smallest absolute Gasteiger partial charge is 0.292 e. The van der Waals surface area contributed by atoms with Gasteiger partial charge in [-0.25, -0.2) is 14.7 Å². The van der Waals surface area contributed by atoms with E-state index < -0.39 is 5.91 Å². The maximum Gasteiger partial charge on any atom is 0.292 e. The van der Waals surface area contributed by atoms with E-state index in [2.05, 4.69) is 46.1 Å². The van der Waals surface area contributed by atoms with Gasteiger partial charge in [0.05, 0.1) is 31.1 Å². The largest absolute Gasteiger partial charge is 0.496 e. The van der Waals surface area contributed by atoms with Crippen LogP contribution in [-0.2, 0) is 6.54 Å². The van der Waals surface area contributed by atoms with Crippen LogP contribution in [-0.4, -0.2) is 59.5 Å². The fourth-order valence-corrected chi connectivity index (χ4v) is 3.52. The van der Waals surface area contributed by atoms with Crippen molar-refractivity contribution in [3.05, 3.63) is 65.0 Å². The number of benzene rings is 2. The van der Waals surface area contributed by atoms with Gasteiger partial charge in [-0.3, -0.25) is 4.79 Å². The lowest BCUT2D eigenvalue weighted by Gasteiger charge is -2.10. The Morgan fingerprint density at radius 3 is 2.86 bits per heavy atom. The minimum absolute atomic E-state index is 0.0293. The molecule has 0 fully saturated rings. The topological polar surface area (TPSA) is 177 Å². The first-order chi connectivity index (χ1) is 17.0. The van der Waals surface area contributed by atoms with Gasteiger partial charge in [0.2, 0.25) is 11.6 Å². The molecule has 0 bridgehead atoms. The van der Waals surface area contributed by atoms with E-state index in [0.717, 1.165) is 26.8 Å². The molecule has 3 aromatic heterocycles. The van der Waals surface area contributed by atoms with Crippen molar-refractivity contribution in [1.82, 2.24) is 45.7 Å². The van der Waals surface area contributed by atoms with Crippen LogP contribution in [0, 0.1) is 6.92 Å². The number of nitrogen functional groups attached to an aromatic ring is 1. The number of anilines is 1. The number of amides is 1. The van der Waals surface area contributed by atoms with Gasteiger partial charge in [0, 0.05) is 5.56 Å². The number of ether oxygens (including phenoxy) is 1. The molecule has 35 heavy (non-hydrogen) atoms. The predicted molar refractivity (Wildman–Crippen MR) is 123 cm³/mol. The number of fused-ring (bicyclic) bond motifs is 1. The number of carbonyl (C=O) groups excluding carboxylic acids is 1. The number of nitrogens with two attached hydrogens (primary N) is 1. The highest BCUT2D eigenvalue weighted by Crippen LogP contribution is 2.22. The number of aryl methyl sites for hydroxylation is 1. The molecular formula is C21H19N11O3. The van der Waals surface area contributed by atoms with Gasteiger partial charge in [-0.1, -0.05) is 22.6 Å². The van der Waals surface area contributed by atoms with Gasteiger partial charge >= 0.3 is 0 Å². The zero-order valence-corrected chi connectivity index (χ0v) is 18.7. The molecule has 0 spiro atoms. The van der Waals surface area contributed by atoms with Crippen LogP contribution >= 0.6 is 0 Å². The van der Waals surface area contributed by atoms with Crippen molar-refractivity contribution in [2.75, 3.05) is 12.8 Å². The molecule has 0 saturated heterocycles. The summed E-state index contributed by atoms with van der Waals surface area (Å²) in [6.07, 6.45) is 1.51. The molecule has 2 aromatic carbocycles. The summed E-state index contributed by atoms with van der Waals surface area (Å²) in [5, 5.41) is 27.4. The Bertz CT molecular complexity index is 1550. The Kier molecular flexibility index (Phi) is 5.58. The Morgan fingerprint density at radius 2 is 2.06 bits per heavy atom. The van der Waals surface area contributed by atoms with Gasteiger partial charge in [-0.15, -0.1) is 10.2 Å². The first-order valence-electron chi connectivity index (χ1n) is 10.3. The molecule has 0 unspecified atom stereocenters. The van der Waals surface area contributed by atoms with Crippen molar-refractivity contribution in [1.29, 1.82) is 0 Å². The minimum atomic E-state index is -0.561. The number of para-hydroxylation sites is 1. The van der Waals surface area contributed by atoms with Gasteiger partial charge < -0.3 is 10.5 Å². The van der Waals surface area contributed by atoms with Gasteiger partial charge in [0.25, 0.3) is 5.91 Å². The SMILES string of the molecule is COc1ccc(C=NNC(=O)c2c(C)nnn2-c2nonc2N)cc1Cn1nnc2ccccc21. The first-order valence-corrected chi connectivity index (χ1v) is 10.3. The van der Waals surface area contributed by atoms with E-state index >= 15 is 0 Å². The van der Waals surface area contributed by atoms with Gasteiger partial charge in [-0.05, 0) is 53.1 Å². The summed E-state index contributed by atoms with van der Waals surface area (Å²) < 4.78 is 13.0. The predicted octanol–water partition coefficient (Wildman–Crippen LogP) is 1.11. The standard InChI is InChI=1S/C21H19N11O3/c1-12-18(32(30-24-12)20-19(22)27-35-28-20)21(33)26-23-10-13-7-8-17(34-2)14(9-13)11-31-16-6-4-3-5-15(16)25-29-31/h3-10H,11H2,1-2H3,(H2,22,27)(H,26,33). The van der Waals surface area contributed by atoms with Crippen molar-refractivity contribution in [3.8, 4) is 11.6 Å². The van der Waals surface area contributed by atoms with Crippen LogP contribution in [0.3, 0.4) is 0 Å². The molecule has 3 N–H and O–H groups in total. The summed E-state index contributed by atoms with van der Waals surface area (Å²) in [6, 6.07) is 13.2. The monoisotopic (exact) mass is 473 g/mol. The lowest BCUT2D eigenvalue weighted by molar-refractivity contribution is 0.0946. The second kappa shape index (κ2) is 9.01. The third kappa shape index (κ3) is 4.15. The normalized spacial score (nSPS) is 11.4. The van der Waals surface area contributed by atoms with E-state index in [1.54, 1.807) is 18.7 Å². The van der Waals surface area contributed by atoms with Crippen molar-refractivity contribution >= 4 is 29.0 Å². The average molecular weight is 473 g/mol. The molecule has 0 aliphatic heterocycles. The molecule has 1 amide bonds. The van der Waals surface area contributed by atoms with E-state index in [1.807, 2.05) is 42.5 Å². The van der Waals surface area contributed by atoms with Crippen LogP contribution < -0.4 is 15.9 Å². The molecule has 3 heterocycles. The van der Waals surface area contributed by atoms with Gasteiger partial charge in [-0.2, -0.15) is 9.78 Å². The van der Waals surface area contributed by atoms with E-state index in [0.29, 0.717) is 18.0 Å². The summed E-state index contributed by atoms with van der Waals surface area (Å²) in [4.78, 5) is 12.8. The molecule has 14 heteroatoms. The van der Waals surface area contributed by atoms with Gasteiger partial charge in [0.15, 0.2) is 5.69 Å². The third-order valence-corrected chi connectivity index (χ3v) is 5.17. The first kappa shape index (κ1) is 21.7. The Labute approximate surface area is 197 Å². The molecular weight excluding hydrogens is 454 g/mol. The molecule has 0 aliphatic rings. The quantitative estimate of drug-likeness (QED) is 0.257. The number of aromatic nitrogens is 8. The van der Waals surface area contributed by atoms with Crippen LogP contribution in [0.4, 0.5) is 5.82 Å². The number of hydrazone groups is 1. The van der Waals surface area contributed by atoms with Crippen molar-refractivity contribution in [2.45, 2.75) is 13.5 Å². The highest BCUT2D eigenvalue weighted by atomic mass is 16.6. The summed E-state index contributed by atoms with van der Waals surface area (Å²) in [7, 11) is 1.60. The lowest BCUT2D eigenvalue weighted by Crippen LogP contribution is -2.22. The summed E-state index contributed by atoms with van der Waals surface area (Å²) >= 11 is 0. The van der Waals surface area contributed by atoms with Crippen LogP contribution in [0.5, 0.6) is 5.75 Å². The van der Waals surface area contributed by atoms with E-state index in [4.69, 9.17) is 10.5 Å². The number of hydrogen-bond acceptors (Lipinski definition) is 11. The molecule has 0 saturated carbocycles. The van der Waals surface area contributed by atoms with Crippen molar-refractivity contribution in [2.24, 2.45) is 5.10 Å². The van der Waals surface area contributed by atoms with Crippen LogP contribution in [0.25, 0.3) is 16.9 Å². The van der Waals surface area contributed by atoms with Crippen LogP contribution in [0.1, 0.15) is 27.3 Å². The molecule has 14 nitrogen and oxygen atoms in total. The number of nitrogens with one attached hydrogen (secondary N) is 1. The van der Waals surface area contributed by atoms with E-state index in [1.165, 1.54) is 6.21 Å². The Morgan fingerprint density at radius 1 is 1.20 bits per heavy atom. The van der Waals surface area contributed by atoms with Crippen LogP contribution in [0.2, 0.25) is 0 Å². The zero-order chi connectivity index (χ0) is 24.4. The highest BCUT2D eigenvalue weighted by Gasteiger charge is 2.22.